The second kappa shape index (κ2) is 11.2. The van der Waals surface area contributed by atoms with Gasteiger partial charge in [-0.2, -0.15) is 0 Å². The highest BCUT2D eigenvalue weighted by Crippen LogP contribution is 2.50. The molecule has 8 heteroatoms. The van der Waals surface area contributed by atoms with Crippen molar-refractivity contribution < 1.29 is 23.8 Å². The van der Waals surface area contributed by atoms with E-state index >= 15 is 0 Å². The third kappa shape index (κ3) is 5.20. The number of ether oxygens (including phenoxy) is 3. The average Bonchev–Trinajstić information content (AvgIpc) is 3.40. The number of hydrogen-bond donors (Lipinski definition) is 0. The Morgan fingerprint density at radius 2 is 1.77 bits per heavy atom. The van der Waals surface area contributed by atoms with Gasteiger partial charge in [0, 0.05) is 45.2 Å². The molecule has 2 aliphatic heterocycles. The molecule has 3 atom stereocenters. The Bertz CT molecular complexity index is 1530. The van der Waals surface area contributed by atoms with Crippen LogP contribution in [0.25, 0.3) is 0 Å². The average molecular weight is 621 g/mol. The number of nitrogens with zero attached hydrogens (tertiary/aromatic N) is 1. The number of carbonyl (C=O) groups excluding carboxylic acids is 2. The van der Waals surface area contributed by atoms with Gasteiger partial charge in [-0.15, -0.1) is 0 Å². The molecule has 1 unspecified atom stereocenters. The number of aliphatic imine (C=N–C) groups is 1. The summed E-state index contributed by atoms with van der Waals surface area (Å²) in [7, 11) is 0. The molecule has 0 N–H and O–H groups in total. The Morgan fingerprint density at radius 3 is 2.52 bits per heavy atom. The Kier molecular flexibility index (Phi) is 7.51. The number of Topliss-reactive ketones (excluding diaryl/α,β-unsaturated/α-hetero) is 1. The van der Waals surface area contributed by atoms with E-state index < -0.39 is 17.8 Å². The maximum atomic E-state index is 13.9. The molecule has 0 fully saturated rings. The van der Waals surface area contributed by atoms with E-state index in [-0.39, 0.29) is 25.1 Å². The number of allylic oxidation sites excluding steroid dienone is 2. The van der Waals surface area contributed by atoms with Crippen LogP contribution in [-0.4, -0.2) is 30.9 Å². The van der Waals surface area contributed by atoms with Crippen molar-refractivity contribution in [2.24, 2.45) is 10.9 Å². The molecule has 3 aromatic rings. The number of carbonyl (C=O) groups is 2. The molecule has 0 bridgehead atoms. The van der Waals surface area contributed by atoms with Gasteiger partial charge in [0.25, 0.3) is 0 Å². The van der Waals surface area contributed by atoms with Crippen molar-refractivity contribution in [2.45, 2.75) is 38.0 Å². The maximum absolute atomic E-state index is 13.9. The minimum Gasteiger partial charge on any atom is -0.465 e. The van der Waals surface area contributed by atoms with E-state index in [1.165, 1.54) is 0 Å². The Hall–Kier alpha value is -3.42. The van der Waals surface area contributed by atoms with Crippen LogP contribution in [0.1, 0.15) is 48.3 Å². The zero-order chi connectivity index (χ0) is 27.8. The number of rotatable bonds is 6. The lowest BCUT2D eigenvalue weighted by molar-refractivity contribution is -0.146. The fourth-order valence-corrected chi connectivity index (χ4v) is 6.54. The van der Waals surface area contributed by atoms with Crippen molar-refractivity contribution in [2.75, 3.05) is 13.4 Å². The van der Waals surface area contributed by atoms with Gasteiger partial charge in [0.05, 0.1) is 6.61 Å². The van der Waals surface area contributed by atoms with Crippen LogP contribution in [-0.2, 0) is 20.7 Å². The third-order valence-electron chi connectivity index (χ3n) is 7.79. The van der Waals surface area contributed by atoms with E-state index in [4.69, 9.17) is 30.8 Å². The second-order valence-corrected chi connectivity index (χ2v) is 11.6. The molecule has 3 aliphatic rings. The minimum atomic E-state index is -0.748. The van der Waals surface area contributed by atoms with Crippen LogP contribution in [0, 0.1) is 5.92 Å². The van der Waals surface area contributed by atoms with Gasteiger partial charge in [-0.25, -0.2) is 0 Å². The van der Waals surface area contributed by atoms with Gasteiger partial charge in [-0.3, -0.25) is 14.6 Å². The van der Waals surface area contributed by atoms with Crippen LogP contribution in [0.2, 0.25) is 5.02 Å². The normalized spacial score (nSPS) is 21.6. The van der Waals surface area contributed by atoms with Crippen molar-refractivity contribution >= 4 is 45.0 Å². The van der Waals surface area contributed by atoms with Crippen molar-refractivity contribution in [1.29, 1.82) is 0 Å². The largest absolute Gasteiger partial charge is 0.465 e. The van der Waals surface area contributed by atoms with Crippen molar-refractivity contribution in [3.05, 3.63) is 104 Å². The lowest BCUT2D eigenvalue weighted by atomic mass is 9.69. The predicted octanol–water partition coefficient (Wildman–Crippen LogP) is 7.19. The van der Waals surface area contributed by atoms with E-state index in [2.05, 4.69) is 15.9 Å². The molecule has 0 amide bonds. The predicted molar refractivity (Wildman–Crippen MR) is 156 cm³/mol. The first-order valence-corrected chi connectivity index (χ1v) is 14.4. The standard InChI is InChI=1S/C32H27BrClNO5/c1-18-29(32(37)38-12-11-19-5-3-2-4-6-19)30(23-15-27-28(16-24(23)33)40-17-39-27)31-25(35-18)13-21(14-26(31)36)20-7-9-22(34)10-8-20/h2-10,15-16,21,29-30H,11-14,17H2,1H3/t21-,29?,30-/m0/s1. The fraction of sp³-hybridized carbons (Fsp3) is 0.281. The minimum absolute atomic E-state index is 0.0183. The summed E-state index contributed by atoms with van der Waals surface area (Å²) in [6.45, 7) is 2.20. The highest BCUT2D eigenvalue weighted by Gasteiger charge is 2.46. The smallest absolute Gasteiger partial charge is 0.315 e. The van der Waals surface area contributed by atoms with Gasteiger partial charge in [-0.1, -0.05) is 70.0 Å². The molecule has 1 aliphatic carbocycles. The van der Waals surface area contributed by atoms with Gasteiger partial charge in [0.1, 0.15) is 5.92 Å². The molecule has 0 saturated carbocycles. The molecule has 40 heavy (non-hydrogen) atoms. The monoisotopic (exact) mass is 619 g/mol. The molecule has 0 radical (unpaired) electrons. The zero-order valence-corrected chi connectivity index (χ0v) is 24.2. The summed E-state index contributed by atoms with van der Waals surface area (Å²) in [5, 5.41) is 0.652. The summed E-state index contributed by atoms with van der Waals surface area (Å²) in [6, 6.07) is 21.2. The molecule has 0 spiro atoms. The van der Waals surface area contributed by atoms with Crippen molar-refractivity contribution in [3.63, 3.8) is 0 Å². The molecular weight excluding hydrogens is 594 g/mol. The highest BCUT2D eigenvalue weighted by atomic mass is 79.9. The van der Waals surface area contributed by atoms with Crippen LogP contribution >= 0.6 is 27.5 Å². The molecule has 204 valence electrons. The van der Waals surface area contributed by atoms with E-state index in [0.29, 0.717) is 47.1 Å². The van der Waals surface area contributed by atoms with E-state index in [9.17, 15) is 9.59 Å². The summed E-state index contributed by atoms with van der Waals surface area (Å²) in [6.07, 6.45) is 1.52. The lowest BCUT2D eigenvalue weighted by Gasteiger charge is -2.37. The third-order valence-corrected chi connectivity index (χ3v) is 8.73. The lowest BCUT2D eigenvalue weighted by Crippen LogP contribution is -2.38. The zero-order valence-electron chi connectivity index (χ0n) is 21.9. The van der Waals surface area contributed by atoms with Gasteiger partial charge in [-0.05, 0) is 60.2 Å². The first-order valence-electron chi connectivity index (χ1n) is 13.3. The number of esters is 1. The number of halogens is 2. The van der Waals surface area contributed by atoms with Crippen LogP contribution in [0.3, 0.4) is 0 Å². The van der Waals surface area contributed by atoms with Gasteiger partial charge in [0.2, 0.25) is 6.79 Å². The molecule has 3 aromatic carbocycles. The first-order chi connectivity index (χ1) is 19.4. The molecule has 6 nitrogen and oxygen atoms in total. The molecule has 6 rings (SSSR count). The topological polar surface area (TPSA) is 74.2 Å². The first kappa shape index (κ1) is 26.8. The maximum Gasteiger partial charge on any atom is 0.315 e. The Labute approximate surface area is 246 Å². The summed E-state index contributed by atoms with van der Waals surface area (Å²) >= 11 is 9.79. The Morgan fingerprint density at radius 1 is 1.05 bits per heavy atom. The number of hydrogen-bond acceptors (Lipinski definition) is 6. The van der Waals surface area contributed by atoms with Gasteiger partial charge in [0.15, 0.2) is 17.3 Å². The van der Waals surface area contributed by atoms with E-state index in [1.54, 1.807) is 0 Å². The second-order valence-electron chi connectivity index (χ2n) is 10.3. The van der Waals surface area contributed by atoms with Gasteiger partial charge < -0.3 is 14.2 Å². The quantitative estimate of drug-likeness (QED) is 0.273. The van der Waals surface area contributed by atoms with Crippen LogP contribution in [0.15, 0.2) is 87.5 Å². The highest BCUT2D eigenvalue weighted by molar-refractivity contribution is 9.10. The molecule has 0 aromatic heterocycles. The van der Waals surface area contributed by atoms with Crippen LogP contribution in [0.5, 0.6) is 11.5 Å². The van der Waals surface area contributed by atoms with Crippen LogP contribution in [0.4, 0.5) is 0 Å². The van der Waals surface area contributed by atoms with Crippen molar-refractivity contribution in [1.82, 2.24) is 0 Å². The van der Waals surface area contributed by atoms with E-state index in [0.717, 1.165) is 26.9 Å². The summed E-state index contributed by atoms with van der Waals surface area (Å²) < 4.78 is 17.8. The van der Waals surface area contributed by atoms with Gasteiger partial charge >= 0.3 is 5.97 Å². The van der Waals surface area contributed by atoms with E-state index in [1.807, 2.05) is 73.7 Å². The summed E-state index contributed by atoms with van der Waals surface area (Å²) in [4.78, 5) is 32.5. The SMILES string of the molecule is CC1=NC2=C(C(=O)C[C@@H](c3ccc(Cl)cc3)C2)[C@@H](c2cc3c(cc2Br)OCO3)C1C(=O)OCCc1ccccc1. The van der Waals surface area contributed by atoms with Crippen LogP contribution < -0.4 is 9.47 Å². The number of ketones is 1. The molecule has 2 heterocycles. The Balaban J connectivity index is 1.36. The molecule has 0 saturated heterocycles. The number of benzene rings is 3. The number of fused-ring (bicyclic) bond motifs is 1. The fourth-order valence-electron chi connectivity index (χ4n) is 5.85. The van der Waals surface area contributed by atoms with Crippen molar-refractivity contribution in [3.8, 4) is 11.5 Å². The summed E-state index contributed by atoms with van der Waals surface area (Å²) in [5.74, 6) is -0.554. The molecular formula is C32H27BrClNO5. The summed E-state index contributed by atoms with van der Waals surface area (Å²) in [5.41, 5.74) is 4.81.